The van der Waals surface area contributed by atoms with E-state index in [1.54, 1.807) is 23.6 Å². The van der Waals surface area contributed by atoms with Crippen LogP contribution in [0.3, 0.4) is 0 Å². The second kappa shape index (κ2) is 8.01. The summed E-state index contributed by atoms with van der Waals surface area (Å²) in [6.45, 7) is -2.94. The Morgan fingerprint density at radius 2 is 1.88 bits per heavy atom. The van der Waals surface area contributed by atoms with Crippen LogP contribution in [-0.4, -0.2) is 17.5 Å². The second-order valence-corrected chi connectivity index (χ2v) is 6.12. The van der Waals surface area contributed by atoms with Gasteiger partial charge in [-0.1, -0.05) is 24.3 Å². The molecule has 1 aromatic heterocycles. The lowest BCUT2D eigenvalue weighted by atomic mass is 10.1. The maximum Gasteiger partial charge on any atom is 0.387 e. The molecule has 26 heavy (non-hydrogen) atoms. The summed E-state index contributed by atoms with van der Waals surface area (Å²) >= 11 is 1.17. The van der Waals surface area contributed by atoms with Crippen LogP contribution in [0.25, 0.3) is 11.3 Å². The van der Waals surface area contributed by atoms with E-state index >= 15 is 0 Å². The third kappa shape index (κ3) is 4.60. The van der Waals surface area contributed by atoms with Crippen molar-refractivity contribution in [3.63, 3.8) is 0 Å². The molecule has 0 saturated carbocycles. The van der Waals surface area contributed by atoms with E-state index in [1.165, 1.54) is 41.7 Å². The van der Waals surface area contributed by atoms with Gasteiger partial charge in [-0.15, -0.1) is 11.3 Å². The maximum absolute atomic E-state index is 12.9. The van der Waals surface area contributed by atoms with Gasteiger partial charge in [0.1, 0.15) is 11.6 Å². The Kier molecular flexibility index (Phi) is 5.52. The molecule has 1 N–H and O–H groups in total. The fraction of sp³-hybridized carbons (Fsp3) is 0.111. The van der Waals surface area contributed by atoms with E-state index in [-0.39, 0.29) is 23.9 Å². The molecule has 3 rings (SSSR count). The first-order valence-corrected chi connectivity index (χ1v) is 8.43. The highest BCUT2D eigenvalue weighted by atomic mass is 32.1. The van der Waals surface area contributed by atoms with Gasteiger partial charge in [0, 0.05) is 10.9 Å². The highest BCUT2D eigenvalue weighted by Gasteiger charge is 2.14. The molecule has 0 aliphatic rings. The van der Waals surface area contributed by atoms with Crippen LogP contribution in [0.5, 0.6) is 5.75 Å². The highest BCUT2D eigenvalue weighted by Crippen LogP contribution is 2.33. The van der Waals surface area contributed by atoms with Crippen LogP contribution in [0.2, 0.25) is 0 Å². The first-order chi connectivity index (χ1) is 12.5. The zero-order chi connectivity index (χ0) is 18.5. The van der Waals surface area contributed by atoms with Crippen LogP contribution in [-0.2, 0) is 11.2 Å². The number of rotatable bonds is 6. The minimum Gasteiger partial charge on any atom is -0.434 e. The molecule has 8 heteroatoms. The van der Waals surface area contributed by atoms with Crippen LogP contribution in [0.1, 0.15) is 5.56 Å². The number of alkyl halides is 2. The van der Waals surface area contributed by atoms with Crippen molar-refractivity contribution in [2.24, 2.45) is 0 Å². The van der Waals surface area contributed by atoms with Gasteiger partial charge < -0.3 is 10.1 Å². The molecule has 0 atom stereocenters. The van der Waals surface area contributed by atoms with E-state index in [0.29, 0.717) is 22.0 Å². The molecular formula is C18H13F3N2O2S. The van der Waals surface area contributed by atoms with Crippen LogP contribution < -0.4 is 10.1 Å². The van der Waals surface area contributed by atoms with E-state index in [4.69, 9.17) is 0 Å². The molecule has 0 bridgehead atoms. The fourth-order valence-electron chi connectivity index (χ4n) is 2.28. The standard InChI is InChI=1S/C18H13F3N2O2S/c19-12-7-5-11(6-8-12)9-16(24)23-18-22-14(10-26-18)13-3-1-2-4-15(13)25-17(20)21/h1-8,10,17H,9H2,(H,22,23,24). The third-order valence-corrected chi connectivity index (χ3v) is 4.17. The molecule has 0 saturated heterocycles. The van der Waals surface area contributed by atoms with E-state index in [2.05, 4.69) is 15.0 Å². The zero-order valence-corrected chi connectivity index (χ0v) is 14.1. The number of ether oxygens (including phenoxy) is 1. The molecular weight excluding hydrogens is 365 g/mol. The number of carbonyl (C=O) groups excluding carboxylic acids is 1. The number of para-hydroxylation sites is 1. The van der Waals surface area contributed by atoms with Crippen LogP contribution in [0.15, 0.2) is 53.9 Å². The number of anilines is 1. The smallest absolute Gasteiger partial charge is 0.387 e. The first-order valence-electron chi connectivity index (χ1n) is 7.55. The third-order valence-electron chi connectivity index (χ3n) is 3.41. The molecule has 0 aliphatic carbocycles. The number of hydrogen-bond donors (Lipinski definition) is 1. The molecule has 0 fully saturated rings. The topological polar surface area (TPSA) is 51.2 Å². The monoisotopic (exact) mass is 378 g/mol. The van der Waals surface area contributed by atoms with Crippen molar-refractivity contribution in [3.05, 3.63) is 65.3 Å². The van der Waals surface area contributed by atoms with Crippen LogP contribution in [0.4, 0.5) is 18.3 Å². The average molecular weight is 378 g/mol. The number of nitrogens with one attached hydrogen (secondary N) is 1. The molecule has 1 heterocycles. The van der Waals surface area contributed by atoms with Gasteiger partial charge in [-0.05, 0) is 29.8 Å². The molecule has 0 aliphatic heterocycles. The molecule has 0 radical (unpaired) electrons. The van der Waals surface area contributed by atoms with Gasteiger partial charge >= 0.3 is 6.61 Å². The van der Waals surface area contributed by atoms with Gasteiger partial charge in [-0.3, -0.25) is 4.79 Å². The quantitative estimate of drug-likeness (QED) is 0.675. The number of benzene rings is 2. The van der Waals surface area contributed by atoms with Gasteiger partial charge in [-0.25, -0.2) is 9.37 Å². The van der Waals surface area contributed by atoms with Crippen molar-refractivity contribution in [3.8, 4) is 17.0 Å². The zero-order valence-electron chi connectivity index (χ0n) is 13.3. The maximum atomic E-state index is 12.9. The Morgan fingerprint density at radius 1 is 1.15 bits per heavy atom. The van der Waals surface area contributed by atoms with Gasteiger partial charge in [-0.2, -0.15) is 8.78 Å². The Bertz CT molecular complexity index is 897. The summed E-state index contributed by atoms with van der Waals surface area (Å²) in [4.78, 5) is 16.3. The average Bonchev–Trinajstić information content (AvgIpc) is 3.05. The van der Waals surface area contributed by atoms with Gasteiger partial charge in [0.2, 0.25) is 5.91 Å². The van der Waals surface area contributed by atoms with Gasteiger partial charge in [0.25, 0.3) is 0 Å². The Hall–Kier alpha value is -2.87. The van der Waals surface area contributed by atoms with E-state index in [0.717, 1.165) is 0 Å². The van der Waals surface area contributed by atoms with Crippen molar-refractivity contribution in [2.75, 3.05) is 5.32 Å². The van der Waals surface area contributed by atoms with Crippen LogP contribution in [0, 0.1) is 5.82 Å². The molecule has 134 valence electrons. The van der Waals surface area contributed by atoms with Gasteiger partial charge in [0.15, 0.2) is 5.13 Å². The fourth-order valence-corrected chi connectivity index (χ4v) is 3.01. The molecule has 3 aromatic rings. The number of halogens is 3. The summed E-state index contributed by atoms with van der Waals surface area (Å²) in [6, 6.07) is 11.9. The van der Waals surface area contributed by atoms with Crippen molar-refractivity contribution >= 4 is 22.4 Å². The molecule has 4 nitrogen and oxygen atoms in total. The number of hydrogen-bond acceptors (Lipinski definition) is 4. The van der Waals surface area contributed by atoms with Gasteiger partial charge in [0.05, 0.1) is 12.1 Å². The largest absolute Gasteiger partial charge is 0.434 e. The predicted octanol–water partition coefficient (Wildman–Crippen LogP) is 4.73. The first kappa shape index (κ1) is 17.9. The summed E-state index contributed by atoms with van der Waals surface area (Å²) in [5.41, 5.74) is 1.49. The SMILES string of the molecule is O=C(Cc1ccc(F)cc1)Nc1nc(-c2ccccc2OC(F)F)cs1. The van der Waals surface area contributed by atoms with Crippen molar-refractivity contribution in [2.45, 2.75) is 13.0 Å². The van der Waals surface area contributed by atoms with E-state index < -0.39 is 6.61 Å². The summed E-state index contributed by atoms with van der Waals surface area (Å²) in [5.74, 6) is -0.671. The second-order valence-electron chi connectivity index (χ2n) is 5.26. The summed E-state index contributed by atoms with van der Waals surface area (Å²) in [7, 11) is 0. The highest BCUT2D eigenvalue weighted by molar-refractivity contribution is 7.14. The minimum atomic E-state index is -2.94. The summed E-state index contributed by atoms with van der Waals surface area (Å²) in [5, 5.41) is 4.61. The van der Waals surface area contributed by atoms with Crippen molar-refractivity contribution in [1.29, 1.82) is 0 Å². The molecule has 1 amide bonds. The number of thiazole rings is 1. The van der Waals surface area contributed by atoms with Crippen LogP contribution >= 0.6 is 11.3 Å². The number of aromatic nitrogens is 1. The lowest BCUT2D eigenvalue weighted by Gasteiger charge is -2.08. The molecule has 0 spiro atoms. The number of carbonyl (C=O) groups is 1. The predicted molar refractivity (Wildman–Crippen MR) is 92.9 cm³/mol. The summed E-state index contributed by atoms with van der Waals surface area (Å²) in [6.07, 6.45) is 0.0697. The Labute approximate surface area is 151 Å². The normalized spacial score (nSPS) is 10.8. The Morgan fingerprint density at radius 3 is 2.62 bits per heavy atom. The van der Waals surface area contributed by atoms with Crippen molar-refractivity contribution in [1.82, 2.24) is 4.98 Å². The summed E-state index contributed by atoms with van der Waals surface area (Å²) < 4.78 is 42.4. The Balaban J connectivity index is 1.70. The van der Waals surface area contributed by atoms with E-state index in [1.807, 2.05) is 0 Å². The molecule has 2 aromatic carbocycles. The lowest BCUT2D eigenvalue weighted by Crippen LogP contribution is -2.14. The number of nitrogens with zero attached hydrogens (tertiary/aromatic N) is 1. The minimum absolute atomic E-state index is 0.0111. The van der Waals surface area contributed by atoms with E-state index in [9.17, 15) is 18.0 Å². The van der Waals surface area contributed by atoms with Crippen molar-refractivity contribution < 1.29 is 22.7 Å². The lowest BCUT2D eigenvalue weighted by molar-refractivity contribution is -0.115. The number of amides is 1. The molecule has 0 unspecified atom stereocenters.